The normalized spacial score (nSPS) is 19.1. The number of thioether (sulfide) groups is 2. The standard InChI is InChI=1S/C16H14Cl2N8O4S3.Na/c1-24-16(21-22-23-24)33-4-6-3-31-13-11(12(28)26(13)10(6)14(29)30)25(9(27)2-7(17)18)8-5-32-15(19)20-8;/h2,5,11,13H,3-4H2,1H3,(H2,19,20)(H,29,30);/q;+1/p-1/t11?,13-;/m0./s1. The third-order valence-corrected chi connectivity index (χ3v) is 7.98. The van der Waals surface area contributed by atoms with Crippen LogP contribution >= 0.6 is 58.1 Å². The number of aliphatic carboxylic acids is 1. The van der Waals surface area contributed by atoms with Crippen LogP contribution in [0, 0.1) is 0 Å². The minimum absolute atomic E-state index is 0. The van der Waals surface area contributed by atoms with Gasteiger partial charge in [-0.25, -0.2) is 9.67 Å². The van der Waals surface area contributed by atoms with Gasteiger partial charge in [0.1, 0.15) is 21.7 Å². The van der Waals surface area contributed by atoms with Crippen molar-refractivity contribution < 1.29 is 49.0 Å². The molecule has 0 aliphatic carbocycles. The zero-order valence-corrected chi connectivity index (χ0v) is 23.5. The molecule has 34 heavy (non-hydrogen) atoms. The monoisotopic (exact) mass is 570 g/mol. The van der Waals surface area contributed by atoms with Gasteiger partial charge in [-0.2, -0.15) is 0 Å². The summed E-state index contributed by atoms with van der Waals surface area (Å²) in [6, 6.07) is -1.03. The Bertz CT molecular complexity index is 1200. The zero-order valence-electron chi connectivity index (χ0n) is 17.5. The van der Waals surface area contributed by atoms with Crippen molar-refractivity contribution in [3.8, 4) is 0 Å². The largest absolute Gasteiger partial charge is 1.00 e. The van der Waals surface area contributed by atoms with E-state index in [4.69, 9.17) is 28.9 Å². The number of carboxylic acid groups (broad SMARTS) is 1. The molecule has 174 valence electrons. The molecule has 2 aliphatic heterocycles. The van der Waals surface area contributed by atoms with E-state index in [1.165, 1.54) is 33.6 Å². The van der Waals surface area contributed by atoms with Gasteiger partial charge in [0.05, 0.1) is 11.7 Å². The molecule has 0 spiro atoms. The SMILES string of the molecule is Cn1nnnc1SCC1=C(C(=O)[O-])N2C(=O)C(N(C(=O)C=C(Cl)Cl)c3csc(N)n3)[C@@H]2SC1.[Na+]. The van der Waals surface area contributed by atoms with E-state index in [0.29, 0.717) is 16.5 Å². The van der Waals surface area contributed by atoms with Crippen LogP contribution in [0.2, 0.25) is 0 Å². The molecule has 2 aromatic rings. The number of thiazole rings is 1. The van der Waals surface area contributed by atoms with Crippen molar-refractivity contribution in [1.82, 2.24) is 30.1 Å². The van der Waals surface area contributed by atoms with Crippen molar-refractivity contribution in [2.45, 2.75) is 16.6 Å². The first-order valence-corrected chi connectivity index (χ1v) is 12.7. The molecule has 18 heteroatoms. The number of carbonyl (C=O) groups excluding carboxylic acids is 3. The Morgan fingerprint density at radius 1 is 1.44 bits per heavy atom. The Balaban J connectivity index is 0.00000324. The second-order valence-electron chi connectivity index (χ2n) is 6.65. The Kier molecular flexibility index (Phi) is 8.95. The number of tetrazole rings is 1. The van der Waals surface area contributed by atoms with E-state index in [1.807, 2.05) is 0 Å². The number of rotatable bonds is 7. The number of aromatic nitrogens is 5. The number of carboxylic acids is 1. The Hall–Kier alpha value is -1.33. The first kappa shape index (κ1) is 27.3. The van der Waals surface area contributed by atoms with Gasteiger partial charge in [0, 0.05) is 30.0 Å². The summed E-state index contributed by atoms with van der Waals surface area (Å²) in [6.45, 7) is 0. The van der Waals surface area contributed by atoms with Gasteiger partial charge in [0.25, 0.3) is 11.8 Å². The number of fused-ring (bicyclic) bond motifs is 1. The smallest absolute Gasteiger partial charge is 0.543 e. The number of nitrogens with two attached hydrogens (primary N) is 1. The van der Waals surface area contributed by atoms with Crippen molar-refractivity contribution in [2.75, 3.05) is 22.1 Å². The molecule has 0 bridgehead atoms. The van der Waals surface area contributed by atoms with E-state index >= 15 is 0 Å². The molecule has 2 aromatic heterocycles. The molecule has 4 rings (SSSR count). The van der Waals surface area contributed by atoms with E-state index < -0.39 is 29.2 Å². The predicted octanol–water partition coefficient (Wildman–Crippen LogP) is -3.02. The summed E-state index contributed by atoms with van der Waals surface area (Å²) in [5, 5.41) is 24.6. The minimum Gasteiger partial charge on any atom is -0.543 e. The summed E-state index contributed by atoms with van der Waals surface area (Å²) < 4.78 is 1.15. The van der Waals surface area contributed by atoms with Crippen LogP contribution in [0.15, 0.2) is 32.4 Å². The minimum atomic E-state index is -1.49. The topological polar surface area (TPSA) is 163 Å². The number of hydrogen-bond acceptors (Lipinski definition) is 12. The summed E-state index contributed by atoms with van der Waals surface area (Å²) in [5.74, 6) is -2.11. The molecule has 1 fully saturated rings. The molecule has 2 amide bonds. The average molecular weight is 571 g/mol. The van der Waals surface area contributed by atoms with Crippen LogP contribution in [-0.2, 0) is 21.4 Å². The summed E-state index contributed by atoms with van der Waals surface area (Å²) in [7, 11) is 1.66. The van der Waals surface area contributed by atoms with Crippen LogP contribution in [0.3, 0.4) is 0 Å². The second-order valence-corrected chi connectivity index (χ2v) is 10.6. The number of aryl methyl sites for hydroxylation is 1. The quantitative estimate of drug-likeness (QED) is 0.156. The van der Waals surface area contributed by atoms with Crippen LogP contribution < -0.4 is 45.3 Å². The number of β-lactam (4-membered cyclic amide) rings is 1. The van der Waals surface area contributed by atoms with Crippen molar-refractivity contribution in [2.24, 2.45) is 7.05 Å². The fraction of sp³-hybridized carbons (Fsp3) is 0.312. The first-order chi connectivity index (χ1) is 15.7. The molecule has 0 radical (unpaired) electrons. The van der Waals surface area contributed by atoms with E-state index in [1.54, 1.807) is 7.05 Å². The molecule has 1 saturated heterocycles. The molecule has 12 nitrogen and oxygen atoms in total. The van der Waals surface area contributed by atoms with Crippen LogP contribution in [0.1, 0.15) is 0 Å². The molecular weight excluding hydrogens is 558 g/mol. The molecule has 4 heterocycles. The molecule has 0 saturated carbocycles. The van der Waals surface area contributed by atoms with E-state index in [0.717, 1.165) is 27.2 Å². The maximum absolute atomic E-state index is 13.2. The van der Waals surface area contributed by atoms with Crippen molar-refractivity contribution >= 4 is 86.8 Å². The van der Waals surface area contributed by atoms with Crippen molar-refractivity contribution in [3.63, 3.8) is 0 Å². The van der Waals surface area contributed by atoms with Gasteiger partial charge in [0.15, 0.2) is 5.13 Å². The van der Waals surface area contributed by atoms with Crippen LogP contribution in [-0.4, -0.2) is 70.8 Å². The average Bonchev–Trinajstić information content (AvgIpc) is 3.36. The number of nitrogen functional groups attached to an aromatic ring is 1. The van der Waals surface area contributed by atoms with Gasteiger partial charge in [0.2, 0.25) is 5.16 Å². The van der Waals surface area contributed by atoms with Crippen molar-refractivity contribution in [1.29, 1.82) is 0 Å². The van der Waals surface area contributed by atoms with Gasteiger partial charge in [-0.05, 0) is 16.0 Å². The van der Waals surface area contributed by atoms with Gasteiger partial charge in [-0.3, -0.25) is 19.4 Å². The van der Waals surface area contributed by atoms with Gasteiger partial charge < -0.3 is 15.6 Å². The number of anilines is 2. The Morgan fingerprint density at radius 3 is 2.74 bits per heavy atom. The number of nitrogens with zero attached hydrogens (tertiary/aromatic N) is 7. The molecule has 2 atom stereocenters. The van der Waals surface area contributed by atoms with Crippen LogP contribution in [0.5, 0.6) is 0 Å². The van der Waals surface area contributed by atoms with E-state index in [9.17, 15) is 19.5 Å². The summed E-state index contributed by atoms with van der Waals surface area (Å²) >= 11 is 14.9. The van der Waals surface area contributed by atoms with E-state index in [2.05, 4.69) is 20.5 Å². The number of amides is 2. The zero-order chi connectivity index (χ0) is 23.9. The third-order valence-electron chi connectivity index (χ3n) is 4.67. The molecular formula is C16H13Cl2N8NaO4S3. The van der Waals surface area contributed by atoms with Gasteiger partial charge in [-0.15, -0.1) is 28.2 Å². The third kappa shape index (κ3) is 5.26. The number of carbonyl (C=O) groups is 3. The molecule has 2 aliphatic rings. The number of hydrogen-bond donors (Lipinski definition) is 1. The molecule has 2 N–H and O–H groups in total. The molecule has 1 unspecified atom stereocenters. The summed E-state index contributed by atoms with van der Waals surface area (Å²) in [6.07, 6.45) is 0.939. The van der Waals surface area contributed by atoms with Crippen molar-refractivity contribution in [3.05, 3.63) is 27.2 Å². The van der Waals surface area contributed by atoms with Gasteiger partial charge in [-0.1, -0.05) is 35.0 Å². The van der Waals surface area contributed by atoms with Gasteiger partial charge >= 0.3 is 29.6 Å². The Labute approximate surface area is 237 Å². The van der Waals surface area contributed by atoms with E-state index in [-0.39, 0.29) is 56.4 Å². The van der Waals surface area contributed by atoms with Crippen LogP contribution in [0.25, 0.3) is 0 Å². The maximum atomic E-state index is 13.2. The fourth-order valence-corrected chi connectivity index (χ4v) is 6.41. The first-order valence-electron chi connectivity index (χ1n) is 8.99. The van der Waals surface area contributed by atoms with Crippen LogP contribution in [0.4, 0.5) is 10.9 Å². The maximum Gasteiger partial charge on any atom is 1.00 e. The summed E-state index contributed by atoms with van der Waals surface area (Å²) in [5.41, 5.74) is 5.96. The fourth-order valence-electron chi connectivity index (χ4n) is 3.31. The molecule has 0 aromatic carbocycles. The predicted molar refractivity (Wildman–Crippen MR) is 122 cm³/mol. The number of halogens is 2. The Morgan fingerprint density at radius 2 is 2.18 bits per heavy atom. The second kappa shape index (κ2) is 11.2. The summed E-state index contributed by atoms with van der Waals surface area (Å²) in [4.78, 5) is 44.3.